The van der Waals surface area contributed by atoms with Crippen LogP contribution >= 0.6 is 15.9 Å². The van der Waals surface area contributed by atoms with Crippen molar-refractivity contribution in [2.75, 3.05) is 25.0 Å². The van der Waals surface area contributed by atoms with Gasteiger partial charge >= 0.3 is 0 Å². The number of nitrogens with one attached hydrogen (secondary N) is 3. The lowest BCUT2D eigenvalue weighted by Crippen LogP contribution is -2.46. The van der Waals surface area contributed by atoms with Gasteiger partial charge in [-0.2, -0.15) is 0 Å². The molecule has 3 atom stereocenters. The molecule has 1 amide bonds. The molecule has 0 radical (unpaired) electrons. The summed E-state index contributed by atoms with van der Waals surface area (Å²) in [5.41, 5.74) is 6.79. The molecule has 0 aromatic heterocycles. The molecule has 3 unspecified atom stereocenters. The lowest BCUT2D eigenvalue weighted by Gasteiger charge is -2.21. The number of hydrogen-bond donors (Lipinski definition) is 3. The molecule has 0 bridgehead atoms. The summed E-state index contributed by atoms with van der Waals surface area (Å²) >= 11 is 3.61. The van der Waals surface area contributed by atoms with Gasteiger partial charge in [0.05, 0.1) is 10.5 Å². The first-order chi connectivity index (χ1) is 11.4. The molecule has 1 aromatic carbocycles. The molecule has 1 fully saturated rings. The smallest absolute Gasteiger partial charge is 0.239 e. The third-order valence-electron chi connectivity index (χ3n) is 4.30. The van der Waals surface area contributed by atoms with E-state index in [-0.39, 0.29) is 28.6 Å². The van der Waals surface area contributed by atoms with Crippen molar-refractivity contribution in [1.82, 2.24) is 16.2 Å². The highest BCUT2D eigenvalue weighted by Crippen LogP contribution is 2.21. The van der Waals surface area contributed by atoms with E-state index in [0.717, 1.165) is 6.42 Å². The third-order valence-corrected chi connectivity index (χ3v) is 5.40. The zero-order chi connectivity index (χ0) is 17.7. The number of rotatable bonds is 7. The van der Waals surface area contributed by atoms with Crippen LogP contribution in [-0.4, -0.2) is 43.0 Å². The number of benzene rings is 1. The van der Waals surface area contributed by atoms with Crippen molar-refractivity contribution in [1.29, 1.82) is 0 Å². The molecule has 0 spiro atoms. The summed E-state index contributed by atoms with van der Waals surface area (Å²) in [6.07, 6.45) is 0.747. The first-order valence-corrected chi connectivity index (χ1v) is 9.22. The number of nitrogens with zero attached hydrogens (tertiary/aromatic N) is 1. The van der Waals surface area contributed by atoms with Crippen molar-refractivity contribution < 1.29 is 9.18 Å². The molecule has 1 heterocycles. The number of carbonyl (C=O) groups excluding carboxylic acids is 1. The Balaban J connectivity index is 1.73. The van der Waals surface area contributed by atoms with Crippen LogP contribution in [0.25, 0.3) is 0 Å². The Morgan fingerprint density at radius 3 is 2.71 bits per heavy atom. The van der Waals surface area contributed by atoms with Gasteiger partial charge in [-0.05, 0) is 24.5 Å². The summed E-state index contributed by atoms with van der Waals surface area (Å²) in [6.45, 7) is 5.46. The minimum Gasteiger partial charge on any atom is -0.372 e. The van der Waals surface area contributed by atoms with Crippen molar-refractivity contribution in [3.05, 3.63) is 30.1 Å². The van der Waals surface area contributed by atoms with Gasteiger partial charge in [-0.3, -0.25) is 10.2 Å². The minimum atomic E-state index is -0.290. The summed E-state index contributed by atoms with van der Waals surface area (Å²) in [7, 11) is 1.85. The molecule has 1 aliphatic heterocycles. The van der Waals surface area contributed by atoms with E-state index in [4.69, 9.17) is 0 Å². The first kappa shape index (κ1) is 19.1. The van der Waals surface area contributed by atoms with Gasteiger partial charge in [0.25, 0.3) is 0 Å². The maximum Gasteiger partial charge on any atom is 0.239 e. The Bertz CT molecular complexity index is 557. The summed E-state index contributed by atoms with van der Waals surface area (Å²) in [4.78, 5) is 14.2. The fraction of sp³-hybridized carbons (Fsp3) is 0.588. The minimum absolute atomic E-state index is 0.0268. The molecule has 0 saturated carbocycles. The predicted molar refractivity (Wildman–Crippen MR) is 98.7 cm³/mol. The molecule has 134 valence electrons. The van der Waals surface area contributed by atoms with Crippen molar-refractivity contribution in [2.24, 2.45) is 5.92 Å². The molecule has 1 aliphatic rings. The zero-order valence-electron chi connectivity index (χ0n) is 14.4. The van der Waals surface area contributed by atoms with Gasteiger partial charge in [0.2, 0.25) is 5.91 Å². The second kappa shape index (κ2) is 8.78. The van der Waals surface area contributed by atoms with Crippen molar-refractivity contribution >= 4 is 27.5 Å². The van der Waals surface area contributed by atoms with E-state index >= 15 is 0 Å². The Kier molecular flexibility index (Phi) is 7.01. The summed E-state index contributed by atoms with van der Waals surface area (Å²) < 4.78 is 13.7. The topological polar surface area (TPSA) is 56.4 Å². The maximum absolute atomic E-state index is 13.7. The number of amides is 1. The van der Waals surface area contributed by atoms with E-state index in [0.29, 0.717) is 24.7 Å². The molecule has 3 N–H and O–H groups in total. The molecule has 24 heavy (non-hydrogen) atoms. The molecule has 1 saturated heterocycles. The molecule has 0 aliphatic carbocycles. The number of halogens is 2. The van der Waals surface area contributed by atoms with E-state index < -0.39 is 0 Å². The molecular weight excluding hydrogens is 375 g/mol. The highest BCUT2D eigenvalue weighted by Gasteiger charge is 2.39. The lowest BCUT2D eigenvalue weighted by atomic mass is 9.99. The Hall–Kier alpha value is -1.18. The van der Waals surface area contributed by atoms with Crippen LogP contribution in [0.5, 0.6) is 0 Å². The highest BCUT2D eigenvalue weighted by atomic mass is 79.9. The highest BCUT2D eigenvalue weighted by molar-refractivity contribution is 9.09. The number of alkyl halides is 1. The molecule has 1 aromatic rings. The number of hydrogen-bond acceptors (Lipinski definition) is 4. The van der Waals surface area contributed by atoms with Crippen LogP contribution < -0.4 is 21.1 Å². The normalized spacial score (nSPS) is 23.5. The number of hydrazine groups is 1. The molecule has 2 rings (SSSR count). The average Bonchev–Trinajstić information content (AvgIpc) is 2.93. The fourth-order valence-electron chi connectivity index (χ4n) is 2.82. The predicted octanol–water partition coefficient (Wildman–Crippen LogP) is 2.03. The van der Waals surface area contributed by atoms with E-state index in [1.54, 1.807) is 12.1 Å². The van der Waals surface area contributed by atoms with E-state index in [1.165, 1.54) is 6.07 Å². The molecule has 5 nitrogen and oxygen atoms in total. The van der Waals surface area contributed by atoms with Crippen molar-refractivity contribution in [3.63, 3.8) is 0 Å². The number of anilines is 1. The Morgan fingerprint density at radius 2 is 2.08 bits per heavy atom. The standard InChI is InChI=1S/C17H26BrFN4O/c1-11(2)15-14(18)16(22-21-15)17(24)20-9-6-10-23(3)13-8-5-4-7-12(13)19/h4-5,7-8,11,14-16,21-22H,6,9-10H2,1-3H3,(H,20,24). The number of carbonyl (C=O) groups is 1. The fourth-order valence-corrected chi connectivity index (χ4v) is 3.93. The van der Waals surface area contributed by atoms with Crippen LogP contribution in [-0.2, 0) is 4.79 Å². The average molecular weight is 401 g/mol. The van der Waals surface area contributed by atoms with Crippen LogP contribution in [0.4, 0.5) is 10.1 Å². The summed E-state index contributed by atoms with van der Waals surface area (Å²) in [6, 6.07) is 6.62. The SMILES string of the molecule is CC(C)C1NNC(C(=O)NCCCN(C)c2ccccc2F)C1Br. The van der Waals surface area contributed by atoms with E-state index in [1.807, 2.05) is 18.0 Å². The van der Waals surface area contributed by atoms with Crippen molar-refractivity contribution in [3.8, 4) is 0 Å². The quantitative estimate of drug-likeness (QED) is 0.484. The van der Waals surface area contributed by atoms with Gasteiger partial charge in [-0.15, -0.1) is 0 Å². The van der Waals surface area contributed by atoms with E-state index in [2.05, 4.69) is 45.9 Å². The molecule has 7 heteroatoms. The summed E-state index contributed by atoms with van der Waals surface area (Å²) in [5.74, 6) is 0.169. The van der Waals surface area contributed by atoms with Crippen LogP contribution in [0.3, 0.4) is 0 Å². The molecular formula is C17H26BrFN4O. The first-order valence-electron chi connectivity index (χ1n) is 8.30. The largest absolute Gasteiger partial charge is 0.372 e. The Morgan fingerprint density at radius 1 is 1.38 bits per heavy atom. The zero-order valence-corrected chi connectivity index (χ0v) is 15.9. The van der Waals surface area contributed by atoms with Gasteiger partial charge in [0.1, 0.15) is 11.9 Å². The maximum atomic E-state index is 13.7. The van der Waals surface area contributed by atoms with Crippen LogP contribution in [0.15, 0.2) is 24.3 Å². The van der Waals surface area contributed by atoms with Crippen LogP contribution in [0.1, 0.15) is 20.3 Å². The number of para-hydroxylation sites is 1. The van der Waals surface area contributed by atoms with Gasteiger partial charge in [-0.25, -0.2) is 9.82 Å². The van der Waals surface area contributed by atoms with Crippen molar-refractivity contribution in [2.45, 2.75) is 37.2 Å². The van der Waals surface area contributed by atoms with Crippen LogP contribution in [0, 0.1) is 11.7 Å². The third kappa shape index (κ3) is 4.68. The summed E-state index contributed by atoms with van der Waals surface area (Å²) in [5, 5.41) is 2.94. The lowest BCUT2D eigenvalue weighted by molar-refractivity contribution is -0.122. The van der Waals surface area contributed by atoms with Gasteiger partial charge in [0.15, 0.2) is 0 Å². The van der Waals surface area contributed by atoms with Gasteiger partial charge in [0, 0.05) is 26.2 Å². The Labute approximate surface area is 151 Å². The second-order valence-electron chi connectivity index (χ2n) is 6.50. The second-order valence-corrected chi connectivity index (χ2v) is 7.56. The monoisotopic (exact) mass is 400 g/mol. The van der Waals surface area contributed by atoms with Crippen LogP contribution in [0.2, 0.25) is 0 Å². The van der Waals surface area contributed by atoms with Gasteiger partial charge in [-0.1, -0.05) is 41.9 Å². The van der Waals surface area contributed by atoms with Gasteiger partial charge < -0.3 is 10.2 Å². The van der Waals surface area contributed by atoms with E-state index in [9.17, 15) is 9.18 Å².